The molecule has 2 amide bonds. The van der Waals surface area contributed by atoms with Crippen molar-refractivity contribution >= 4 is 17.5 Å². The SMILES string of the molecule is CC(C)CN(CC(N)=O)C(=O)c1cc(F)c(F)cc1N. The van der Waals surface area contributed by atoms with E-state index in [4.69, 9.17) is 11.5 Å². The van der Waals surface area contributed by atoms with Crippen LogP contribution in [0, 0.1) is 17.6 Å². The monoisotopic (exact) mass is 285 g/mol. The lowest BCUT2D eigenvalue weighted by molar-refractivity contribution is -0.118. The third-order valence-corrected chi connectivity index (χ3v) is 2.54. The van der Waals surface area contributed by atoms with Crippen LogP contribution < -0.4 is 11.5 Å². The minimum Gasteiger partial charge on any atom is -0.398 e. The lowest BCUT2D eigenvalue weighted by atomic mass is 10.1. The van der Waals surface area contributed by atoms with Crippen molar-refractivity contribution in [3.63, 3.8) is 0 Å². The Labute approximate surface area is 115 Å². The number of rotatable bonds is 5. The quantitative estimate of drug-likeness (QED) is 0.795. The average molecular weight is 285 g/mol. The van der Waals surface area contributed by atoms with E-state index in [1.165, 1.54) is 0 Å². The summed E-state index contributed by atoms with van der Waals surface area (Å²) in [5, 5.41) is 0. The summed E-state index contributed by atoms with van der Waals surface area (Å²) in [6, 6.07) is 1.46. The molecule has 0 unspecified atom stereocenters. The van der Waals surface area contributed by atoms with Crippen LogP contribution in [0.25, 0.3) is 0 Å². The molecule has 0 spiro atoms. The highest BCUT2D eigenvalue weighted by Crippen LogP contribution is 2.19. The molecule has 1 rings (SSSR count). The molecule has 7 heteroatoms. The maximum Gasteiger partial charge on any atom is 0.256 e. The summed E-state index contributed by atoms with van der Waals surface area (Å²) in [5.41, 5.74) is 10.2. The van der Waals surface area contributed by atoms with Gasteiger partial charge in [0, 0.05) is 18.3 Å². The number of hydrogen-bond acceptors (Lipinski definition) is 3. The molecule has 20 heavy (non-hydrogen) atoms. The number of halogens is 2. The second-order valence-corrected chi connectivity index (χ2v) is 4.90. The van der Waals surface area contributed by atoms with Gasteiger partial charge in [-0.2, -0.15) is 0 Å². The second kappa shape index (κ2) is 6.31. The number of nitrogens with two attached hydrogens (primary N) is 2. The smallest absolute Gasteiger partial charge is 0.256 e. The zero-order valence-electron chi connectivity index (χ0n) is 11.3. The van der Waals surface area contributed by atoms with Gasteiger partial charge in [-0.05, 0) is 12.0 Å². The number of nitrogens with zero attached hydrogens (tertiary/aromatic N) is 1. The van der Waals surface area contributed by atoms with Crippen molar-refractivity contribution in [2.75, 3.05) is 18.8 Å². The van der Waals surface area contributed by atoms with Crippen LogP contribution in [-0.4, -0.2) is 29.8 Å². The lowest BCUT2D eigenvalue weighted by Crippen LogP contribution is -2.40. The minimum absolute atomic E-state index is 0.0739. The number of carbonyl (C=O) groups excluding carboxylic acids is 2. The fourth-order valence-electron chi connectivity index (χ4n) is 1.77. The van der Waals surface area contributed by atoms with Crippen LogP contribution in [0.5, 0.6) is 0 Å². The number of anilines is 1. The largest absolute Gasteiger partial charge is 0.398 e. The normalized spacial score (nSPS) is 10.7. The first kappa shape index (κ1) is 15.9. The molecular formula is C13H17F2N3O2. The van der Waals surface area contributed by atoms with Crippen molar-refractivity contribution in [2.45, 2.75) is 13.8 Å². The summed E-state index contributed by atoms with van der Waals surface area (Å²) in [7, 11) is 0. The van der Waals surface area contributed by atoms with E-state index in [9.17, 15) is 18.4 Å². The van der Waals surface area contributed by atoms with E-state index in [-0.39, 0.29) is 30.3 Å². The Bertz CT molecular complexity index is 533. The molecule has 0 bridgehead atoms. The van der Waals surface area contributed by atoms with Gasteiger partial charge in [-0.1, -0.05) is 13.8 Å². The van der Waals surface area contributed by atoms with Gasteiger partial charge in [-0.3, -0.25) is 9.59 Å². The average Bonchev–Trinajstić information content (AvgIpc) is 2.31. The van der Waals surface area contributed by atoms with E-state index in [0.29, 0.717) is 0 Å². The lowest BCUT2D eigenvalue weighted by Gasteiger charge is -2.23. The summed E-state index contributed by atoms with van der Waals surface area (Å²) in [5.74, 6) is -3.59. The molecule has 1 aromatic rings. The van der Waals surface area contributed by atoms with Crippen molar-refractivity contribution in [3.8, 4) is 0 Å². The third-order valence-electron chi connectivity index (χ3n) is 2.54. The van der Waals surface area contributed by atoms with Crippen molar-refractivity contribution in [1.29, 1.82) is 0 Å². The van der Waals surface area contributed by atoms with Crippen LogP contribution in [0.15, 0.2) is 12.1 Å². The second-order valence-electron chi connectivity index (χ2n) is 4.90. The van der Waals surface area contributed by atoms with Gasteiger partial charge in [-0.15, -0.1) is 0 Å². The zero-order valence-corrected chi connectivity index (χ0v) is 11.3. The van der Waals surface area contributed by atoms with E-state index >= 15 is 0 Å². The molecule has 0 aromatic heterocycles. The molecule has 0 saturated carbocycles. The van der Waals surface area contributed by atoms with Gasteiger partial charge in [0.15, 0.2) is 11.6 Å². The fourth-order valence-corrected chi connectivity index (χ4v) is 1.77. The maximum atomic E-state index is 13.2. The first-order chi connectivity index (χ1) is 9.22. The molecule has 110 valence electrons. The Kier molecular flexibility index (Phi) is 5.01. The molecule has 0 fully saturated rings. The van der Waals surface area contributed by atoms with E-state index < -0.39 is 23.4 Å². The molecule has 0 aliphatic carbocycles. The zero-order chi connectivity index (χ0) is 15.4. The fraction of sp³-hybridized carbons (Fsp3) is 0.385. The van der Waals surface area contributed by atoms with Gasteiger partial charge < -0.3 is 16.4 Å². The molecule has 0 aliphatic rings. The molecule has 0 aliphatic heterocycles. The maximum absolute atomic E-state index is 13.2. The van der Waals surface area contributed by atoms with Crippen molar-refractivity contribution in [2.24, 2.45) is 11.7 Å². The van der Waals surface area contributed by atoms with E-state index in [1.807, 2.05) is 13.8 Å². The Hall–Kier alpha value is -2.18. The molecule has 0 atom stereocenters. The van der Waals surface area contributed by atoms with E-state index in [1.54, 1.807) is 0 Å². The molecule has 1 aromatic carbocycles. The van der Waals surface area contributed by atoms with Crippen LogP contribution in [-0.2, 0) is 4.79 Å². The predicted molar refractivity (Wildman–Crippen MR) is 70.7 cm³/mol. The number of nitrogen functional groups attached to an aromatic ring is 1. The van der Waals surface area contributed by atoms with Gasteiger partial charge in [0.05, 0.1) is 12.1 Å². The number of benzene rings is 1. The first-order valence-corrected chi connectivity index (χ1v) is 6.04. The van der Waals surface area contributed by atoms with E-state index in [2.05, 4.69) is 0 Å². The summed E-state index contributed by atoms with van der Waals surface area (Å²) >= 11 is 0. The first-order valence-electron chi connectivity index (χ1n) is 6.04. The van der Waals surface area contributed by atoms with Gasteiger partial charge >= 0.3 is 0 Å². The van der Waals surface area contributed by atoms with E-state index in [0.717, 1.165) is 17.0 Å². The third kappa shape index (κ3) is 3.91. The van der Waals surface area contributed by atoms with Gasteiger partial charge in [0.2, 0.25) is 5.91 Å². The van der Waals surface area contributed by atoms with Crippen molar-refractivity contribution in [3.05, 3.63) is 29.3 Å². The molecule has 4 N–H and O–H groups in total. The molecular weight excluding hydrogens is 268 g/mol. The Morgan fingerprint density at radius 2 is 1.80 bits per heavy atom. The van der Waals surface area contributed by atoms with Crippen LogP contribution in [0.1, 0.15) is 24.2 Å². The molecule has 5 nitrogen and oxygen atoms in total. The summed E-state index contributed by atoms with van der Waals surface area (Å²) in [6.07, 6.45) is 0. The minimum atomic E-state index is -1.17. The van der Waals surface area contributed by atoms with Crippen molar-refractivity contribution < 1.29 is 18.4 Å². The van der Waals surface area contributed by atoms with Gasteiger partial charge in [-0.25, -0.2) is 8.78 Å². The summed E-state index contributed by atoms with van der Waals surface area (Å²) < 4.78 is 26.2. The predicted octanol–water partition coefficient (Wildman–Crippen LogP) is 1.13. The van der Waals surface area contributed by atoms with Gasteiger partial charge in [0.1, 0.15) is 0 Å². The number of hydrogen-bond donors (Lipinski definition) is 2. The van der Waals surface area contributed by atoms with Crippen LogP contribution in [0.4, 0.5) is 14.5 Å². The Balaban J connectivity index is 3.11. The van der Waals surface area contributed by atoms with Crippen molar-refractivity contribution in [1.82, 2.24) is 4.90 Å². The number of carbonyl (C=O) groups is 2. The Morgan fingerprint density at radius 3 is 2.30 bits per heavy atom. The highest BCUT2D eigenvalue weighted by Gasteiger charge is 2.22. The Morgan fingerprint density at radius 1 is 1.25 bits per heavy atom. The number of amides is 2. The highest BCUT2D eigenvalue weighted by molar-refractivity contribution is 6.00. The topological polar surface area (TPSA) is 89.4 Å². The molecule has 0 radical (unpaired) electrons. The standard InChI is InChI=1S/C13H17F2N3O2/c1-7(2)5-18(6-12(17)19)13(20)8-3-9(14)10(15)4-11(8)16/h3-4,7H,5-6,16H2,1-2H3,(H2,17,19). The highest BCUT2D eigenvalue weighted by atomic mass is 19.2. The summed E-state index contributed by atoms with van der Waals surface area (Å²) in [4.78, 5) is 24.4. The molecule has 0 saturated heterocycles. The van der Waals surface area contributed by atoms with Crippen LogP contribution in [0.2, 0.25) is 0 Å². The molecule has 0 heterocycles. The van der Waals surface area contributed by atoms with Gasteiger partial charge in [0.25, 0.3) is 5.91 Å². The van der Waals surface area contributed by atoms with Crippen LogP contribution >= 0.6 is 0 Å². The van der Waals surface area contributed by atoms with Crippen LogP contribution in [0.3, 0.4) is 0 Å². The summed E-state index contributed by atoms with van der Waals surface area (Å²) in [6.45, 7) is 3.63. The number of primary amides is 1.